The van der Waals surface area contributed by atoms with E-state index in [4.69, 9.17) is 10.8 Å². The van der Waals surface area contributed by atoms with E-state index in [1.54, 1.807) is 0 Å². The van der Waals surface area contributed by atoms with Crippen molar-refractivity contribution in [2.75, 3.05) is 5.73 Å². The second-order valence-corrected chi connectivity index (χ2v) is 2.77. The van der Waals surface area contributed by atoms with Gasteiger partial charge in [-0.15, -0.1) is 0 Å². The maximum Gasteiger partial charge on any atom is 0.341 e. The molecule has 0 aliphatic rings. The lowest BCUT2D eigenvalue weighted by Crippen LogP contribution is -1.95. The van der Waals surface area contributed by atoms with Gasteiger partial charge in [-0.2, -0.15) is 0 Å². The van der Waals surface area contributed by atoms with E-state index in [0.29, 0.717) is 10.9 Å². The number of nitrogens with zero attached hydrogens (tertiary/aromatic N) is 1. The minimum absolute atomic E-state index is 0.158. The van der Waals surface area contributed by atoms with E-state index < -0.39 is 11.8 Å². The van der Waals surface area contributed by atoms with E-state index in [9.17, 15) is 9.90 Å². The Kier molecular flexibility index (Phi) is 1.57. The van der Waals surface area contributed by atoms with E-state index in [0.717, 1.165) is 0 Å². The number of carboxylic acids is 1. The maximum atomic E-state index is 10.8. The summed E-state index contributed by atoms with van der Waals surface area (Å²) in [5.41, 5.74) is 5.64. The molecule has 5 N–H and O–H groups in total. The molecule has 0 aliphatic heterocycles. The Bertz CT molecular complexity index is 518. The molecule has 6 nitrogen and oxygen atoms in total. The Labute approximate surface area is 78.0 Å². The highest BCUT2D eigenvalue weighted by atomic mass is 16.4. The number of nitrogens with one attached hydrogen (secondary N) is 1. The third-order valence-corrected chi connectivity index (χ3v) is 1.94. The molecule has 0 unspecified atom stereocenters. The summed E-state index contributed by atoms with van der Waals surface area (Å²) >= 11 is 0. The second kappa shape index (κ2) is 2.63. The van der Waals surface area contributed by atoms with E-state index in [-0.39, 0.29) is 11.4 Å². The predicted molar refractivity (Wildman–Crippen MR) is 49.1 cm³/mol. The van der Waals surface area contributed by atoms with Crippen molar-refractivity contribution in [3.05, 3.63) is 17.8 Å². The Hall–Kier alpha value is -2.24. The number of aromatic nitrogens is 2. The lowest BCUT2D eigenvalue weighted by molar-refractivity contribution is 0.0696. The molecular formula is C8H7N3O3. The molecule has 0 aliphatic carbocycles. The number of pyridine rings is 1. The standard InChI is InChI=1S/C8H7N3O3/c9-6-5-3(1-2-10-6)4(8(13)14)7(12)11-5/h1-2,11-12H,(H2,9,10)(H,13,14). The van der Waals surface area contributed by atoms with Gasteiger partial charge in [0.15, 0.2) is 0 Å². The van der Waals surface area contributed by atoms with Crippen LogP contribution in [0.1, 0.15) is 10.4 Å². The Morgan fingerprint density at radius 1 is 1.57 bits per heavy atom. The van der Waals surface area contributed by atoms with Crippen molar-refractivity contribution in [3.8, 4) is 5.88 Å². The highest BCUT2D eigenvalue weighted by Gasteiger charge is 2.18. The summed E-state index contributed by atoms with van der Waals surface area (Å²) in [6, 6.07) is 1.48. The monoisotopic (exact) mass is 193 g/mol. The number of fused-ring (bicyclic) bond motifs is 1. The molecular weight excluding hydrogens is 186 g/mol. The fraction of sp³-hybridized carbons (Fsp3) is 0. The van der Waals surface area contributed by atoms with Crippen LogP contribution in [0.4, 0.5) is 5.82 Å². The van der Waals surface area contributed by atoms with Crippen LogP contribution in [0.3, 0.4) is 0 Å². The minimum Gasteiger partial charge on any atom is -0.494 e. The number of H-pyrrole nitrogens is 1. The third kappa shape index (κ3) is 0.972. The van der Waals surface area contributed by atoms with Crippen molar-refractivity contribution in [1.82, 2.24) is 9.97 Å². The average molecular weight is 193 g/mol. The van der Waals surface area contributed by atoms with Gasteiger partial charge in [-0.3, -0.25) is 0 Å². The molecule has 0 amide bonds. The number of carbonyl (C=O) groups is 1. The van der Waals surface area contributed by atoms with E-state index in [2.05, 4.69) is 9.97 Å². The van der Waals surface area contributed by atoms with E-state index >= 15 is 0 Å². The summed E-state index contributed by atoms with van der Waals surface area (Å²) in [6.45, 7) is 0. The molecule has 0 atom stereocenters. The molecule has 72 valence electrons. The van der Waals surface area contributed by atoms with Crippen LogP contribution in [0.5, 0.6) is 5.88 Å². The Morgan fingerprint density at radius 2 is 2.29 bits per heavy atom. The molecule has 0 spiro atoms. The lowest BCUT2D eigenvalue weighted by atomic mass is 10.2. The van der Waals surface area contributed by atoms with Gasteiger partial charge in [0, 0.05) is 11.6 Å². The molecule has 2 heterocycles. The first-order valence-corrected chi connectivity index (χ1v) is 3.79. The van der Waals surface area contributed by atoms with E-state index in [1.807, 2.05) is 0 Å². The van der Waals surface area contributed by atoms with Gasteiger partial charge in [0.05, 0.1) is 5.52 Å². The van der Waals surface area contributed by atoms with Gasteiger partial charge in [0.25, 0.3) is 0 Å². The molecule has 0 fully saturated rings. The van der Waals surface area contributed by atoms with Gasteiger partial charge in [0.2, 0.25) is 5.88 Å². The highest BCUT2D eigenvalue weighted by molar-refractivity contribution is 6.07. The highest BCUT2D eigenvalue weighted by Crippen LogP contribution is 2.28. The number of rotatable bonds is 1. The van der Waals surface area contributed by atoms with Gasteiger partial charge in [-0.1, -0.05) is 0 Å². The van der Waals surface area contributed by atoms with Gasteiger partial charge in [0.1, 0.15) is 11.4 Å². The molecule has 0 radical (unpaired) electrons. The smallest absolute Gasteiger partial charge is 0.341 e. The molecule has 14 heavy (non-hydrogen) atoms. The number of carboxylic acid groups (broad SMARTS) is 1. The predicted octanol–water partition coefficient (Wildman–Crippen LogP) is 0.549. The SMILES string of the molecule is Nc1nccc2c(C(=O)O)c(O)[nH]c12. The number of aromatic amines is 1. The summed E-state index contributed by atoms with van der Waals surface area (Å²) in [4.78, 5) is 17.0. The minimum atomic E-state index is -1.21. The van der Waals surface area contributed by atoms with Crippen molar-refractivity contribution < 1.29 is 15.0 Å². The average Bonchev–Trinajstić information content (AvgIpc) is 2.42. The number of anilines is 1. The third-order valence-electron chi connectivity index (χ3n) is 1.94. The van der Waals surface area contributed by atoms with Gasteiger partial charge in [-0.25, -0.2) is 9.78 Å². The van der Waals surface area contributed by atoms with Crippen molar-refractivity contribution >= 4 is 22.7 Å². The summed E-state index contributed by atoms with van der Waals surface area (Å²) in [6.07, 6.45) is 1.39. The summed E-state index contributed by atoms with van der Waals surface area (Å²) in [7, 11) is 0. The fourth-order valence-corrected chi connectivity index (χ4v) is 1.34. The molecule has 0 saturated heterocycles. The van der Waals surface area contributed by atoms with Crippen LogP contribution >= 0.6 is 0 Å². The Balaban J connectivity index is 2.90. The zero-order chi connectivity index (χ0) is 10.3. The Morgan fingerprint density at radius 3 is 2.93 bits per heavy atom. The molecule has 2 rings (SSSR count). The first-order chi connectivity index (χ1) is 6.61. The van der Waals surface area contributed by atoms with Crippen molar-refractivity contribution in [2.45, 2.75) is 0 Å². The lowest BCUT2D eigenvalue weighted by Gasteiger charge is -1.93. The summed E-state index contributed by atoms with van der Waals surface area (Å²) in [5, 5.41) is 18.5. The summed E-state index contributed by atoms with van der Waals surface area (Å²) < 4.78 is 0. The van der Waals surface area contributed by atoms with Gasteiger partial charge in [-0.05, 0) is 6.07 Å². The van der Waals surface area contributed by atoms with Crippen molar-refractivity contribution in [3.63, 3.8) is 0 Å². The molecule has 2 aromatic rings. The second-order valence-electron chi connectivity index (χ2n) is 2.77. The number of hydrogen-bond donors (Lipinski definition) is 4. The number of nitrogens with two attached hydrogens (primary N) is 1. The number of aromatic hydroxyl groups is 1. The number of nitrogen functional groups attached to an aromatic ring is 1. The van der Waals surface area contributed by atoms with Crippen LogP contribution in [0, 0.1) is 0 Å². The van der Waals surface area contributed by atoms with Crippen molar-refractivity contribution in [2.24, 2.45) is 0 Å². The first-order valence-electron chi connectivity index (χ1n) is 3.79. The van der Waals surface area contributed by atoms with Crippen LogP contribution in [0.15, 0.2) is 12.3 Å². The van der Waals surface area contributed by atoms with Gasteiger partial charge < -0.3 is 20.9 Å². The van der Waals surface area contributed by atoms with Gasteiger partial charge >= 0.3 is 5.97 Å². The van der Waals surface area contributed by atoms with Crippen molar-refractivity contribution in [1.29, 1.82) is 0 Å². The van der Waals surface area contributed by atoms with Crippen LogP contribution in [-0.4, -0.2) is 26.2 Å². The molecule has 2 aromatic heterocycles. The summed E-state index contributed by atoms with van der Waals surface area (Å²) in [5.74, 6) is -1.46. The zero-order valence-electron chi connectivity index (χ0n) is 6.98. The van der Waals surface area contributed by atoms with E-state index in [1.165, 1.54) is 12.3 Å². The fourth-order valence-electron chi connectivity index (χ4n) is 1.34. The van der Waals surface area contributed by atoms with Crippen LogP contribution in [0.25, 0.3) is 10.9 Å². The molecule has 0 bridgehead atoms. The molecule has 6 heteroatoms. The zero-order valence-corrected chi connectivity index (χ0v) is 6.98. The normalized spacial score (nSPS) is 10.6. The van der Waals surface area contributed by atoms with Crippen LogP contribution in [0.2, 0.25) is 0 Å². The molecule has 0 saturated carbocycles. The first kappa shape index (κ1) is 8.36. The maximum absolute atomic E-state index is 10.8. The van der Waals surface area contributed by atoms with Crippen LogP contribution in [-0.2, 0) is 0 Å². The largest absolute Gasteiger partial charge is 0.494 e. The van der Waals surface area contributed by atoms with Crippen LogP contribution < -0.4 is 5.73 Å². The quantitative estimate of drug-likeness (QED) is 0.528. The molecule has 0 aromatic carbocycles. The number of hydrogen-bond acceptors (Lipinski definition) is 4. The number of aromatic carboxylic acids is 1. The topological polar surface area (TPSA) is 112 Å².